The first-order valence-electron chi connectivity index (χ1n) is 6.86. The van der Waals surface area contributed by atoms with E-state index in [2.05, 4.69) is 11.6 Å². The molecule has 1 aliphatic rings. The number of sulfonamides is 1. The second-order valence-corrected chi connectivity index (χ2v) is 7.28. The van der Waals surface area contributed by atoms with E-state index in [-0.39, 0.29) is 23.4 Å². The summed E-state index contributed by atoms with van der Waals surface area (Å²) in [5.74, 6) is 0.194. The molecule has 112 valence electrons. The van der Waals surface area contributed by atoms with Gasteiger partial charge in [0.25, 0.3) is 0 Å². The zero-order chi connectivity index (χ0) is 14.9. The van der Waals surface area contributed by atoms with Crippen LogP contribution in [0.3, 0.4) is 0 Å². The highest BCUT2D eigenvalue weighted by atomic mass is 32.2. The molecular weight excluding hydrogens is 279 g/mol. The molecule has 0 heterocycles. The molecule has 4 nitrogen and oxygen atoms in total. The molecule has 3 unspecified atom stereocenters. The van der Waals surface area contributed by atoms with Gasteiger partial charge >= 0.3 is 0 Å². The third-order valence-electron chi connectivity index (χ3n) is 4.31. The Bertz CT molecular complexity index is 589. The van der Waals surface area contributed by atoms with E-state index in [9.17, 15) is 12.8 Å². The van der Waals surface area contributed by atoms with Crippen LogP contribution >= 0.6 is 0 Å². The smallest absolute Gasteiger partial charge is 0.241 e. The summed E-state index contributed by atoms with van der Waals surface area (Å²) >= 11 is 0. The van der Waals surface area contributed by atoms with E-state index in [0.29, 0.717) is 11.5 Å². The van der Waals surface area contributed by atoms with Gasteiger partial charge in [-0.05, 0) is 42.4 Å². The number of benzene rings is 1. The molecular formula is C14H21FN2O2S. The van der Waals surface area contributed by atoms with Gasteiger partial charge in [0.05, 0.1) is 4.90 Å². The molecule has 3 atom stereocenters. The van der Waals surface area contributed by atoms with Crippen LogP contribution in [-0.4, -0.2) is 14.5 Å². The number of hydrogen-bond acceptors (Lipinski definition) is 3. The fourth-order valence-corrected chi connectivity index (χ4v) is 4.36. The van der Waals surface area contributed by atoms with Gasteiger partial charge < -0.3 is 5.73 Å². The summed E-state index contributed by atoms with van der Waals surface area (Å²) in [7, 11) is -3.74. The van der Waals surface area contributed by atoms with E-state index in [1.807, 2.05) is 6.92 Å². The van der Waals surface area contributed by atoms with Gasteiger partial charge in [-0.1, -0.05) is 19.9 Å². The quantitative estimate of drug-likeness (QED) is 0.893. The lowest BCUT2D eigenvalue weighted by atomic mass is 9.98. The minimum absolute atomic E-state index is 0.0493. The normalized spacial score (nSPS) is 26.9. The Balaban J connectivity index is 2.29. The van der Waals surface area contributed by atoms with Gasteiger partial charge in [-0.25, -0.2) is 17.5 Å². The molecule has 0 bridgehead atoms. The Kier molecular flexibility index (Phi) is 4.46. The van der Waals surface area contributed by atoms with Gasteiger partial charge in [0.2, 0.25) is 10.0 Å². The molecule has 1 saturated carbocycles. The number of hydrogen-bond donors (Lipinski definition) is 2. The van der Waals surface area contributed by atoms with E-state index < -0.39 is 15.8 Å². The second kappa shape index (κ2) is 5.79. The van der Waals surface area contributed by atoms with E-state index in [4.69, 9.17) is 5.73 Å². The Hall–Kier alpha value is -0.980. The summed E-state index contributed by atoms with van der Waals surface area (Å²) in [6, 6.07) is 3.59. The van der Waals surface area contributed by atoms with Crippen molar-refractivity contribution in [3.8, 4) is 0 Å². The molecule has 0 saturated heterocycles. The summed E-state index contributed by atoms with van der Waals surface area (Å²) in [5, 5.41) is 0. The Morgan fingerprint density at radius 3 is 2.60 bits per heavy atom. The average Bonchev–Trinajstić information content (AvgIpc) is 2.70. The number of nitrogens with one attached hydrogen (secondary N) is 1. The minimum Gasteiger partial charge on any atom is -0.326 e. The van der Waals surface area contributed by atoms with Gasteiger partial charge in [0.15, 0.2) is 0 Å². The summed E-state index contributed by atoms with van der Waals surface area (Å²) in [4.78, 5) is -0.0493. The van der Waals surface area contributed by atoms with Crippen molar-refractivity contribution in [1.29, 1.82) is 0 Å². The Labute approximate surface area is 119 Å². The highest BCUT2D eigenvalue weighted by molar-refractivity contribution is 7.89. The number of nitrogens with two attached hydrogens (primary N) is 1. The van der Waals surface area contributed by atoms with Crippen molar-refractivity contribution in [2.75, 3.05) is 0 Å². The predicted octanol–water partition coefficient (Wildman–Crippen LogP) is 2.00. The van der Waals surface area contributed by atoms with Crippen molar-refractivity contribution in [3.05, 3.63) is 29.6 Å². The fraction of sp³-hybridized carbons (Fsp3) is 0.571. The van der Waals surface area contributed by atoms with Crippen molar-refractivity contribution >= 4 is 10.0 Å². The van der Waals surface area contributed by atoms with Crippen molar-refractivity contribution in [3.63, 3.8) is 0 Å². The molecule has 0 amide bonds. The van der Waals surface area contributed by atoms with Crippen LogP contribution in [0.15, 0.2) is 23.1 Å². The molecule has 20 heavy (non-hydrogen) atoms. The van der Waals surface area contributed by atoms with E-state index in [1.165, 1.54) is 12.1 Å². The maximum atomic E-state index is 13.3. The first kappa shape index (κ1) is 15.4. The van der Waals surface area contributed by atoms with Crippen LogP contribution in [0.2, 0.25) is 0 Å². The van der Waals surface area contributed by atoms with E-state index >= 15 is 0 Å². The molecule has 1 aliphatic carbocycles. The van der Waals surface area contributed by atoms with Crippen LogP contribution in [0.4, 0.5) is 4.39 Å². The van der Waals surface area contributed by atoms with Crippen LogP contribution in [0, 0.1) is 17.7 Å². The van der Waals surface area contributed by atoms with Gasteiger partial charge in [-0.3, -0.25) is 0 Å². The summed E-state index contributed by atoms with van der Waals surface area (Å²) in [6.07, 6.45) is 1.82. The SMILES string of the molecule is CC1CCC(NS(=O)(=O)c2cc(F)ccc2CN)C1C. The number of halogens is 1. The number of rotatable bonds is 4. The van der Waals surface area contributed by atoms with Gasteiger partial charge in [0.1, 0.15) is 5.82 Å². The van der Waals surface area contributed by atoms with Gasteiger partial charge in [-0.15, -0.1) is 0 Å². The average molecular weight is 300 g/mol. The van der Waals surface area contributed by atoms with Crippen molar-refractivity contribution in [2.45, 2.75) is 44.2 Å². The fourth-order valence-electron chi connectivity index (χ4n) is 2.74. The molecule has 1 aromatic rings. The Morgan fingerprint density at radius 1 is 1.35 bits per heavy atom. The monoisotopic (exact) mass is 300 g/mol. The highest BCUT2D eigenvalue weighted by Gasteiger charge is 2.33. The molecule has 1 aromatic carbocycles. The van der Waals surface area contributed by atoms with Crippen LogP contribution in [0.5, 0.6) is 0 Å². The van der Waals surface area contributed by atoms with Crippen molar-refractivity contribution in [2.24, 2.45) is 17.6 Å². The molecule has 0 aromatic heterocycles. The van der Waals surface area contributed by atoms with Crippen molar-refractivity contribution < 1.29 is 12.8 Å². The Morgan fingerprint density at radius 2 is 2.05 bits per heavy atom. The molecule has 6 heteroatoms. The van der Waals surface area contributed by atoms with Gasteiger partial charge in [0, 0.05) is 12.6 Å². The molecule has 0 aliphatic heterocycles. The summed E-state index contributed by atoms with van der Waals surface area (Å²) in [5.41, 5.74) is 5.97. The molecule has 2 rings (SSSR count). The van der Waals surface area contributed by atoms with E-state index in [0.717, 1.165) is 18.9 Å². The summed E-state index contributed by atoms with van der Waals surface area (Å²) in [6.45, 7) is 4.22. The lowest BCUT2D eigenvalue weighted by Crippen LogP contribution is -2.37. The van der Waals surface area contributed by atoms with Crippen LogP contribution < -0.4 is 10.5 Å². The predicted molar refractivity (Wildman–Crippen MR) is 76.0 cm³/mol. The van der Waals surface area contributed by atoms with E-state index in [1.54, 1.807) is 0 Å². The van der Waals surface area contributed by atoms with Crippen LogP contribution in [-0.2, 0) is 16.6 Å². The summed E-state index contributed by atoms with van der Waals surface area (Å²) < 4.78 is 40.9. The molecule has 0 spiro atoms. The zero-order valence-electron chi connectivity index (χ0n) is 11.8. The first-order valence-corrected chi connectivity index (χ1v) is 8.34. The first-order chi connectivity index (χ1) is 9.35. The molecule has 1 fully saturated rings. The minimum atomic E-state index is -3.74. The maximum absolute atomic E-state index is 13.3. The molecule has 0 radical (unpaired) electrons. The lowest BCUT2D eigenvalue weighted by molar-refractivity contribution is 0.402. The topological polar surface area (TPSA) is 72.2 Å². The highest BCUT2D eigenvalue weighted by Crippen LogP contribution is 2.32. The zero-order valence-corrected chi connectivity index (χ0v) is 12.6. The third-order valence-corrected chi connectivity index (χ3v) is 5.88. The van der Waals surface area contributed by atoms with Crippen LogP contribution in [0.25, 0.3) is 0 Å². The standard InChI is InChI=1S/C14H21FN2O2S/c1-9-3-6-13(10(9)2)17-20(18,19)14-7-12(15)5-4-11(14)8-16/h4-5,7,9-10,13,17H,3,6,8,16H2,1-2H3. The van der Waals surface area contributed by atoms with Crippen LogP contribution in [0.1, 0.15) is 32.3 Å². The largest absolute Gasteiger partial charge is 0.326 e. The van der Waals surface area contributed by atoms with Crippen molar-refractivity contribution in [1.82, 2.24) is 4.72 Å². The van der Waals surface area contributed by atoms with Gasteiger partial charge in [-0.2, -0.15) is 0 Å². The maximum Gasteiger partial charge on any atom is 0.241 e. The lowest BCUT2D eigenvalue weighted by Gasteiger charge is -2.20. The molecule has 3 N–H and O–H groups in total. The second-order valence-electron chi connectivity index (χ2n) is 5.60. The third kappa shape index (κ3) is 3.02.